The molecule has 0 spiro atoms. The molecule has 2 rings (SSSR count). The molecule has 0 saturated carbocycles. The van der Waals surface area contributed by atoms with Crippen LogP contribution < -0.4 is 5.73 Å². The van der Waals surface area contributed by atoms with E-state index in [0.717, 1.165) is 13.0 Å². The van der Waals surface area contributed by atoms with Gasteiger partial charge in [-0.25, -0.2) is 0 Å². The predicted molar refractivity (Wildman–Crippen MR) is 76.9 cm³/mol. The normalized spacial score (nSPS) is 28.2. The summed E-state index contributed by atoms with van der Waals surface area (Å²) in [5.74, 6) is 0. The van der Waals surface area contributed by atoms with Gasteiger partial charge in [0.05, 0.1) is 11.4 Å². The van der Waals surface area contributed by atoms with Crippen LogP contribution in [-0.2, 0) is 4.74 Å². The highest BCUT2D eigenvalue weighted by atomic mass is 32.2. The molecule has 0 bridgehead atoms. The second-order valence-corrected chi connectivity index (χ2v) is 7.12. The van der Waals surface area contributed by atoms with E-state index in [1.54, 1.807) is 0 Å². The number of hydrogen-bond donors (Lipinski definition) is 1. The number of ether oxygens (including phenoxy) is 1. The average Bonchev–Trinajstić information content (AvgIpc) is 2.84. The van der Waals surface area contributed by atoms with Gasteiger partial charge in [0.2, 0.25) is 0 Å². The molecule has 0 aromatic carbocycles. The van der Waals surface area contributed by atoms with E-state index >= 15 is 0 Å². The third-order valence-corrected chi connectivity index (χ3v) is 6.44. The highest BCUT2D eigenvalue weighted by Gasteiger charge is 2.30. The Morgan fingerprint density at radius 1 is 1.59 bits per heavy atom. The van der Waals surface area contributed by atoms with Crippen LogP contribution in [0.4, 0.5) is 0 Å². The van der Waals surface area contributed by atoms with Gasteiger partial charge in [0, 0.05) is 22.8 Å². The maximum Gasteiger partial charge on any atom is 0.0666 e. The van der Waals surface area contributed by atoms with Crippen LogP contribution in [0.5, 0.6) is 0 Å². The van der Waals surface area contributed by atoms with E-state index < -0.39 is 0 Å². The molecular weight excluding hydrogens is 250 g/mol. The second kappa shape index (κ2) is 5.74. The van der Waals surface area contributed by atoms with Crippen molar-refractivity contribution < 1.29 is 4.74 Å². The molecule has 0 radical (unpaired) electrons. The zero-order chi connectivity index (χ0) is 12.4. The minimum atomic E-state index is 0.185. The first-order chi connectivity index (χ1) is 8.09. The topological polar surface area (TPSA) is 35.2 Å². The Labute approximate surface area is 112 Å². The number of rotatable bonds is 4. The first-order valence-corrected chi connectivity index (χ1v) is 7.98. The minimum absolute atomic E-state index is 0.185. The highest BCUT2D eigenvalue weighted by molar-refractivity contribution is 8.00. The standard InChI is InChI=1S/C13H21NOS2/c1-8-5-7-16-12(8)13(9(2)14)17-11-4-6-15-10(11)3/h5,7,9-11,13H,4,6,14H2,1-3H3. The zero-order valence-corrected chi connectivity index (χ0v) is 12.3. The van der Waals surface area contributed by atoms with Gasteiger partial charge in [-0.15, -0.1) is 23.1 Å². The molecule has 4 heteroatoms. The Kier molecular flexibility index (Phi) is 4.53. The Hall–Kier alpha value is -0.0300. The summed E-state index contributed by atoms with van der Waals surface area (Å²) in [5.41, 5.74) is 7.54. The summed E-state index contributed by atoms with van der Waals surface area (Å²) in [6.45, 7) is 7.35. The minimum Gasteiger partial charge on any atom is -0.377 e. The molecule has 0 amide bonds. The van der Waals surface area contributed by atoms with E-state index in [2.05, 4.69) is 32.2 Å². The summed E-state index contributed by atoms with van der Waals surface area (Å²) in [6.07, 6.45) is 1.51. The molecule has 1 aromatic heterocycles. The van der Waals surface area contributed by atoms with E-state index in [1.807, 2.05) is 23.1 Å². The lowest BCUT2D eigenvalue weighted by atomic mass is 10.1. The van der Waals surface area contributed by atoms with Crippen molar-refractivity contribution in [3.05, 3.63) is 21.9 Å². The quantitative estimate of drug-likeness (QED) is 0.912. The summed E-state index contributed by atoms with van der Waals surface area (Å²) in [6, 6.07) is 2.37. The maximum absolute atomic E-state index is 6.17. The maximum atomic E-state index is 6.17. The van der Waals surface area contributed by atoms with Gasteiger partial charge >= 0.3 is 0 Å². The van der Waals surface area contributed by atoms with Crippen LogP contribution in [0.1, 0.15) is 36.0 Å². The number of thioether (sulfide) groups is 1. The lowest BCUT2D eigenvalue weighted by Crippen LogP contribution is -2.26. The first kappa shape index (κ1) is 13.4. The number of nitrogens with two attached hydrogens (primary N) is 1. The van der Waals surface area contributed by atoms with Crippen LogP contribution in [0, 0.1) is 6.92 Å². The molecule has 1 saturated heterocycles. The third-order valence-electron chi connectivity index (χ3n) is 3.27. The van der Waals surface area contributed by atoms with Crippen molar-refractivity contribution in [2.45, 2.75) is 49.8 Å². The fourth-order valence-electron chi connectivity index (χ4n) is 2.18. The number of aryl methyl sites for hydroxylation is 1. The van der Waals surface area contributed by atoms with Gasteiger partial charge in [0.1, 0.15) is 0 Å². The average molecular weight is 271 g/mol. The fourth-order valence-corrected chi connectivity index (χ4v) is 5.00. The summed E-state index contributed by atoms with van der Waals surface area (Å²) < 4.78 is 5.64. The summed E-state index contributed by atoms with van der Waals surface area (Å²) in [4.78, 5) is 1.43. The summed E-state index contributed by atoms with van der Waals surface area (Å²) in [5, 5.41) is 3.16. The van der Waals surface area contributed by atoms with Crippen molar-refractivity contribution in [3.8, 4) is 0 Å². The van der Waals surface area contributed by atoms with Gasteiger partial charge in [0.15, 0.2) is 0 Å². The van der Waals surface area contributed by atoms with Gasteiger partial charge in [-0.2, -0.15) is 0 Å². The smallest absolute Gasteiger partial charge is 0.0666 e. The van der Waals surface area contributed by atoms with Gasteiger partial charge in [-0.05, 0) is 44.2 Å². The van der Waals surface area contributed by atoms with Gasteiger partial charge in [-0.3, -0.25) is 0 Å². The molecule has 1 fully saturated rings. The van der Waals surface area contributed by atoms with E-state index in [-0.39, 0.29) is 6.04 Å². The Morgan fingerprint density at radius 3 is 2.82 bits per heavy atom. The lowest BCUT2D eigenvalue weighted by Gasteiger charge is -2.25. The molecule has 1 aliphatic rings. The molecule has 2 nitrogen and oxygen atoms in total. The van der Waals surface area contributed by atoms with E-state index in [4.69, 9.17) is 10.5 Å². The van der Waals surface area contributed by atoms with Crippen LogP contribution in [0.3, 0.4) is 0 Å². The van der Waals surface area contributed by atoms with Crippen molar-refractivity contribution in [1.82, 2.24) is 0 Å². The molecule has 96 valence electrons. The third kappa shape index (κ3) is 3.05. The van der Waals surface area contributed by atoms with Crippen molar-refractivity contribution in [1.29, 1.82) is 0 Å². The van der Waals surface area contributed by atoms with E-state index in [0.29, 0.717) is 16.6 Å². The highest BCUT2D eigenvalue weighted by Crippen LogP contribution is 2.42. The van der Waals surface area contributed by atoms with Crippen LogP contribution in [0.15, 0.2) is 11.4 Å². The fraction of sp³-hybridized carbons (Fsp3) is 0.692. The Morgan fingerprint density at radius 2 is 2.35 bits per heavy atom. The van der Waals surface area contributed by atoms with E-state index in [1.165, 1.54) is 10.4 Å². The molecule has 2 heterocycles. The van der Waals surface area contributed by atoms with E-state index in [9.17, 15) is 0 Å². The van der Waals surface area contributed by atoms with Crippen molar-refractivity contribution in [2.24, 2.45) is 5.73 Å². The molecule has 4 unspecified atom stereocenters. The number of thiophene rings is 1. The zero-order valence-electron chi connectivity index (χ0n) is 10.7. The summed E-state index contributed by atoms with van der Waals surface area (Å²) >= 11 is 3.83. The monoisotopic (exact) mass is 271 g/mol. The second-order valence-electron chi connectivity index (χ2n) is 4.79. The van der Waals surface area contributed by atoms with Crippen LogP contribution in [0.2, 0.25) is 0 Å². The molecule has 4 atom stereocenters. The van der Waals surface area contributed by atoms with Crippen LogP contribution in [0.25, 0.3) is 0 Å². The molecule has 2 N–H and O–H groups in total. The van der Waals surface area contributed by atoms with Gasteiger partial charge in [0.25, 0.3) is 0 Å². The lowest BCUT2D eigenvalue weighted by molar-refractivity contribution is 0.127. The first-order valence-electron chi connectivity index (χ1n) is 6.16. The molecule has 0 aliphatic carbocycles. The summed E-state index contributed by atoms with van der Waals surface area (Å²) in [7, 11) is 0. The van der Waals surface area contributed by atoms with Crippen LogP contribution in [-0.4, -0.2) is 24.0 Å². The van der Waals surface area contributed by atoms with Crippen LogP contribution >= 0.6 is 23.1 Å². The Balaban J connectivity index is 2.10. The molecular formula is C13H21NOS2. The largest absolute Gasteiger partial charge is 0.377 e. The SMILES string of the molecule is Cc1ccsc1C(SC1CCOC1C)C(C)N. The molecule has 1 aromatic rings. The number of hydrogen-bond acceptors (Lipinski definition) is 4. The van der Waals surface area contributed by atoms with Gasteiger partial charge < -0.3 is 10.5 Å². The van der Waals surface area contributed by atoms with Gasteiger partial charge in [-0.1, -0.05) is 0 Å². The Bertz CT molecular complexity index is 364. The van der Waals surface area contributed by atoms with Crippen molar-refractivity contribution in [2.75, 3.05) is 6.61 Å². The van der Waals surface area contributed by atoms with Crippen molar-refractivity contribution >= 4 is 23.1 Å². The molecule has 1 aliphatic heterocycles. The molecule has 17 heavy (non-hydrogen) atoms. The van der Waals surface area contributed by atoms with Crippen molar-refractivity contribution in [3.63, 3.8) is 0 Å². The predicted octanol–water partition coefficient (Wildman–Crippen LogP) is 3.36.